The molecule has 0 aliphatic rings. The van der Waals surface area contributed by atoms with Crippen LogP contribution in [0.2, 0.25) is 0 Å². The number of nitrogens with zero attached hydrogens (tertiary/aromatic N) is 3. The molecule has 0 atom stereocenters. The number of nitrogens with two attached hydrogens (primary N) is 1. The predicted molar refractivity (Wildman–Crippen MR) is 87.6 cm³/mol. The van der Waals surface area contributed by atoms with Crippen molar-refractivity contribution in [2.45, 2.75) is 6.54 Å². The van der Waals surface area contributed by atoms with E-state index in [-0.39, 0.29) is 11.4 Å². The Balaban J connectivity index is 2.04. The molecule has 2 heterocycles. The van der Waals surface area contributed by atoms with E-state index in [4.69, 9.17) is 10.5 Å². The number of nitrogens with one attached hydrogen (secondary N) is 1. The highest BCUT2D eigenvalue weighted by Crippen LogP contribution is 2.28. The maximum atomic E-state index is 14.0. The van der Waals surface area contributed by atoms with Crippen LogP contribution in [0.3, 0.4) is 0 Å². The third-order valence-electron chi connectivity index (χ3n) is 3.56. The molecule has 0 unspecified atom stereocenters. The molecule has 0 radical (unpaired) electrons. The number of fused-ring (bicyclic) bond motifs is 1. The number of carbonyl (C=O) groups excluding carboxylic acids is 1. The smallest absolute Gasteiger partial charge is 0.252 e. The fraction of sp³-hybridized carbons (Fsp3) is 0.188. The van der Waals surface area contributed by atoms with Gasteiger partial charge in [-0.1, -0.05) is 0 Å². The second kappa shape index (κ2) is 6.63. The lowest BCUT2D eigenvalue weighted by Gasteiger charge is -2.10. The van der Waals surface area contributed by atoms with Gasteiger partial charge in [0.25, 0.3) is 5.91 Å². The van der Waals surface area contributed by atoms with E-state index < -0.39 is 11.7 Å². The SMILES string of the molecule is COCCn1ncc2c(Nc3ncccc3C(N)=O)cc(F)cc21. The number of pyridine rings is 1. The van der Waals surface area contributed by atoms with E-state index >= 15 is 0 Å². The lowest BCUT2D eigenvalue weighted by Crippen LogP contribution is -2.14. The summed E-state index contributed by atoms with van der Waals surface area (Å²) < 4.78 is 20.7. The minimum absolute atomic E-state index is 0.224. The molecule has 1 aromatic carbocycles. The van der Waals surface area contributed by atoms with E-state index in [9.17, 15) is 9.18 Å². The first-order valence-electron chi connectivity index (χ1n) is 7.26. The second-order valence-corrected chi connectivity index (χ2v) is 5.14. The van der Waals surface area contributed by atoms with Crippen LogP contribution in [0.5, 0.6) is 0 Å². The summed E-state index contributed by atoms with van der Waals surface area (Å²) >= 11 is 0. The van der Waals surface area contributed by atoms with Crippen molar-refractivity contribution in [3.8, 4) is 0 Å². The molecule has 0 saturated carbocycles. The van der Waals surface area contributed by atoms with Gasteiger partial charge in [-0.3, -0.25) is 9.48 Å². The van der Waals surface area contributed by atoms with Gasteiger partial charge in [0.2, 0.25) is 0 Å². The monoisotopic (exact) mass is 329 g/mol. The van der Waals surface area contributed by atoms with E-state index in [0.29, 0.717) is 29.7 Å². The molecule has 7 nitrogen and oxygen atoms in total. The van der Waals surface area contributed by atoms with Crippen LogP contribution >= 0.6 is 0 Å². The van der Waals surface area contributed by atoms with Gasteiger partial charge in [-0.15, -0.1) is 0 Å². The van der Waals surface area contributed by atoms with Crippen LogP contribution in [0.4, 0.5) is 15.9 Å². The fourth-order valence-corrected chi connectivity index (χ4v) is 2.43. The lowest BCUT2D eigenvalue weighted by atomic mass is 10.2. The third-order valence-corrected chi connectivity index (χ3v) is 3.56. The number of carbonyl (C=O) groups is 1. The standard InChI is InChI=1S/C16H16FN5O2/c1-24-6-5-22-14-8-10(17)7-13(12(14)9-20-22)21-16-11(15(18)23)3-2-4-19-16/h2-4,7-9H,5-6H2,1H3,(H2,18,23)(H,19,21). The summed E-state index contributed by atoms with van der Waals surface area (Å²) in [5, 5.41) is 7.92. The molecule has 0 aliphatic heterocycles. The molecule has 3 aromatic rings. The van der Waals surface area contributed by atoms with Crippen molar-refractivity contribution in [3.63, 3.8) is 0 Å². The topological polar surface area (TPSA) is 95.1 Å². The van der Waals surface area contributed by atoms with Gasteiger partial charge in [0.15, 0.2) is 0 Å². The zero-order chi connectivity index (χ0) is 17.1. The number of anilines is 2. The van der Waals surface area contributed by atoms with Crippen LogP contribution < -0.4 is 11.1 Å². The first-order chi connectivity index (χ1) is 11.6. The molecule has 2 aromatic heterocycles. The molecule has 124 valence electrons. The largest absolute Gasteiger partial charge is 0.383 e. The number of amides is 1. The fourth-order valence-electron chi connectivity index (χ4n) is 2.43. The van der Waals surface area contributed by atoms with Crippen LogP contribution in [-0.2, 0) is 11.3 Å². The van der Waals surface area contributed by atoms with Gasteiger partial charge < -0.3 is 15.8 Å². The molecule has 24 heavy (non-hydrogen) atoms. The molecule has 1 amide bonds. The molecule has 0 aliphatic carbocycles. The van der Waals surface area contributed by atoms with Crippen LogP contribution in [0.25, 0.3) is 10.9 Å². The van der Waals surface area contributed by atoms with Crippen LogP contribution in [0.15, 0.2) is 36.7 Å². The highest BCUT2D eigenvalue weighted by molar-refractivity contribution is 6.00. The zero-order valence-corrected chi connectivity index (χ0v) is 13.0. The molecular formula is C16H16FN5O2. The third kappa shape index (κ3) is 3.04. The van der Waals surface area contributed by atoms with E-state index in [0.717, 1.165) is 0 Å². The first kappa shape index (κ1) is 15.9. The molecule has 0 bridgehead atoms. The van der Waals surface area contributed by atoms with E-state index in [2.05, 4.69) is 15.4 Å². The molecule has 0 fully saturated rings. The Morgan fingerprint density at radius 1 is 1.46 bits per heavy atom. The molecule has 0 spiro atoms. The average Bonchev–Trinajstić information content (AvgIpc) is 2.96. The number of primary amides is 1. The van der Waals surface area contributed by atoms with Crippen molar-refractivity contribution in [2.75, 3.05) is 19.0 Å². The zero-order valence-electron chi connectivity index (χ0n) is 13.0. The average molecular weight is 329 g/mol. The molecule has 8 heteroatoms. The number of benzene rings is 1. The predicted octanol–water partition coefficient (Wildman–Crippen LogP) is 2.06. The number of halogens is 1. The Bertz CT molecular complexity index is 893. The second-order valence-electron chi connectivity index (χ2n) is 5.14. The quantitative estimate of drug-likeness (QED) is 0.722. The van der Waals surface area contributed by atoms with Gasteiger partial charge in [-0.2, -0.15) is 5.10 Å². The Morgan fingerprint density at radius 3 is 3.04 bits per heavy atom. The van der Waals surface area contributed by atoms with Crippen molar-refractivity contribution >= 4 is 28.3 Å². The summed E-state index contributed by atoms with van der Waals surface area (Å²) in [7, 11) is 1.59. The van der Waals surface area contributed by atoms with Gasteiger partial charge in [-0.05, 0) is 24.3 Å². The summed E-state index contributed by atoms with van der Waals surface area (Å²) in [6.45, 7) is 0.959. The maximum absolute atomic E-state index is 14.0. The Hall–Kier alpha value is -3.00. The summed E-state index contributed by atoms with van der Waals surface area (Å²) in [6, 6.07) is 5.88. The number of hydrogen-bond acceptors (Lipinski definition) is 5. The number of methoxy groups -OCH3 is 1. The molecular weight excluding hydrogens is 313 g/mol. The lowest BCUT2D eigenvalue weighted by molar-refractivity contribution is 0.100. The molecule has 0 saturated heterocycles. The summed E-state index contributed by atoms with van der Waals surface area (Å²) in [5.74, 6) is -0.781. The van der Waals surface area contributed by atoms with Crippen molar-refractivity contribution < 1.29 is 13.9 Å². The molecule has 3 rings (SSSR count). The van der Waals surface area contributed by atoms with Crippen molar-refractivity contribution in [3.05, 3.63) is 48.0 Å². The highest BCUT2D eigenvalue weighted by Gasteiger charge is 2.14. The van der Waals surface area contributed by atoms with Crippen LogP contribution in [-0.4, -0.2) is 34.4 Å². The minimum Gasteiger partial charge on any atom is -0.383 e. The number of rotatable bonds is 6. The van der Waals surface area contributed by atoms with Crippen molar-refractivity contribution in [2.24, 2.45) is 5.73 Å². The van der Waals surface area contributed by atoms with Gasteiger partial charge in [-0.25, -0.2) is 9.37 Å². The summed E-state index contributed by atoms with van der Waals surface area (Å²) in [6.07, 6.45) is 3.15. The van der Waals surface area contributed by atoms with E-state index in [1.54, 1.807) is 30.1 Å². The van der Waals surface area contributed by atoms with Gasteiger partial charge in [0.1, 0.15) is 11.6 Å². The first-order valence-corrected chi connectivity index (χ1v) is 7.26. The Morgan fingerprint density at radius 2 is 2.29 bits per heavy atom. The van der Waals surface area contributed by atoms with Gasteiger partial charge >= 0.3 is 0 Å². The summed E-state index contributed by atoms with van der Waals surface area (Å²) in [4.78, 5) is 15.6. The van der Waals surface area contributed by atoms with Crippen molar-refractivity contribution in [1.82, 2.24) is 14.8 Å². The van der Waals surface area contributed by atoms with Crippen LogP contribution in [0.1, 0.15) is 10.4 Å². The van der Waals surface area contributed by atoms with Gasteiger partial charge in [0, 0.05) is 18.7 Å². The van der Waals surface area contributed by atoms with E-state index in [1.165, 1.54) is 18.3 Å². The normalized spacial score (nSPS) is 10.9. The van der Waals surface area contributed by atoms with E-state index in [1.807, 2.05) is 0 Å². The number of aromatic nitrogens is 3. The van der Waals surface area contributed by atoms with Gasteiger partial charge in [0.05, 0.1) is 36.1 Å². The maximum Gasteiger partial charge on any atom is 0.252 e. The molecule has 3 N–H and O–H groups in total. The summed E-state index contributed by atoms with van der Waals surface area (Å²) in [5.41, 5.74) is 6.64. The van der Waals surface area contributed by atoms with Crippen LogP contribution in [0, 0.1) is 5.82 Å². The highest BCUT2D eigenvalue weighted by atomic mass is 19.1. The Kier molecular flexibility index (Phi) is 4.39. The van der Waals surface area contributed by atoms with Crippen molar-refractivity contribution in [1.29, 1.82) is 0 Å². The minimum atomic E-state index is -0.617. The number of hydrogen-bond donors (Lipinski definition) is 2. The Labute approximate surface area is 137 Å². The number of ether oxygens (including phenoxy) is 1.